The fourth-order valence-corrected chi connectivity index (χ4v) is 2.46. The van der Waals surface area contributed by atoms with Gasteiger partial charge in [0.25, 0.3) is 0 Å². The lowest BCUT2D eigenvalue weighted by Gasteiger charge is -2.24. The molecule has 70 valence electrons. The maximum atomic E-state index is 11.4. The summed E-state index contributed by atoms with van der Waals surface area (Å²) < 4.78 is 4.75. The highest BCUT2D eigenvalue weighted by atomic mass is 16.5. The molecule has 2 fully saturated rings. The van der Waals surface area contributed by atoms with E-state index in [9.17, 15) is 4.79 Å². The van der Waals surface area contributed by atoms with Crippen LogP contribution in [0.5, 0.6) is 0 Å². The van der Waals surface area contributed by atoms with Crippen LogP contribution in [-0.2, 0) is 9.53 Å². The standard InChI is InChI=1S/C11H14O2/c1-3-7-4-8-5-9(8)6-10(7)11(12)13-2/h1,7-10H,4-6H2,2H3/t7-,8?,9?,10-/m1/s1. The van der Waals surface area contributed by atoms with E-state index in [1.165, 1.54) is 13.5 Å². The van der Waals surface area contributed by atoms with Crippen molar-refractivity contribution in [1.82, 2.24) is 0 Å². The molecular weight excluding hydrogens is 164 g/mol. The Morgan fingerprint density at radius 1 is 1.38 bits per heavy atom. The predicted molar refractivity (Wildman–Crippen MR) is 48.7 cm³/mol. The van der Waals surface area contributed by atoms with Crippen LogP contribution in [0.4, 0.5) is 0 Å². The van der Waals surface area contributed by atoms with Gasteiger partial charge in [-0.3, -0.25) is 4.79 Å². The maximum absolute atomic E-state index is 11.4. The summed E-state index contributed by atoms with van der Waals surface area (Å²) in [6.07, 6.45) is 8.66. The number of terminal acetylenes is 1. The van der Waals surface area contributed by atoms with Crippen LogP contribution in [0.3, 0.4) is 0 Å². The van der Waals surface area contributed by atoms with Gasteiger partial charge in [0.05, 0.1) is 13.0 Å². The Morgan fingerprint density at radius 2 is 2.08 bits per heavy atom. The molecule has 0 N–H and O–H groups in total. The molecule has 0 radical (unpaired) electrons. The van der Waals surface area contributed by atoms with E-state index >= 15 is 0 Å². The van der Waals surface area contributed by atoms with Crippen molar-refractivity contribution in [2.45, 2.75) is 19.3 Å². The van der Waals surface area contributed by atoms with Crippen LogP contribution in [0.2, 0.25) is 0 Å². The van der Waals surface area contributed by atoms with Crippen molar-refractivity contribution in [3.05, 3.63) is 0 Å². The van der Waals surface area contributed by atoms with Crippen molar-refractivity contribution in [1.29, 1.82) is 0 Å². The third-order valence-corrected chi connectivity index (χ3v) is 3.39. The highest BCUT2D eigenvalue weighted by Crippen LogP contribution is 2.53. The number of fused-ring (bicyclic) bond motifs is 1. The third kappa shape index (κ3) is 1.44. The summed E-state index contributed by atoms with van der Waals surface area (Å²) >= 11 is 0. The molecule has 0 aromatic rings. The molecule has 2 heteroatoms. The summed E-state index contributed by atoms with van der Waals surface area (Å²) in [5, 5.41) is 0. The molecular formula is C11H14O2. The van der Waals surface area contributed by atoms with E-state index in [1.54, 1.807) is 0 Å². The zero-order valence-electron chi connectivity index (χ0n) is 7.82. The van der Waals surface area contributed by atoms with Crippen LogP contribution in [0.1, 0.15) is 19.3 Å². The van der Waals surface area contributed by atoms with Gasteiger partial charge in [-0.2, -0.15) is 0 Å². The largest absolute Gasteiger partial charge is 0.469 e. The molecule has 2 rings (SSSR count). The number of methoxy groups -OCH3 is 1. The lowest BCUT2D eigenvalue weighted by Crippen LogP contribution is -2.28. The van der Waals surface area contributed by atoms with Crippen LogP contribution < -0.4 is 0 Å². The quantitative estimate of drug-likeness (QED) is 0.449. The lowest BCUT2D eigenvalue weighted by atomic mass is 9.80. The molecule has 4 atom stereocenters. The van der Waals surface area contributed by atoms with Crippen LogP contribution in [-0.4, -0.2) is 13.1 Å². The predicted octanol–water partition coefficient (Wildman–Crippen LogP) is 1.45. The van der Waals surface area contributed by atoms with E-state index in [-0.39, 0.29) is 17.8 Å². The molecule has 0 aliphatic heterocycles. The molecule has 0 amide bonds. The first-order chi connectivity index (χ1) is 6.26. The molecule has 2 nitrogen and oxygen atoms in total. The van der Waals surface area contributed by atoms with Crippen LogP contribution >= 0.6 is 0 Å². The molecule has 0 aromatic carbocycles. The zero-order chi connectivity index (χ0) is 9.42. The van der Waals surface area contributed by atoms with Gasteiger partial charge in [-0.25, -0.2) is 0 Å². The number of ether oxygens (including phenoxy) is 1. The van der Waals surface area contributed by atoms with Gasteiger partial charge in [0.15, 0.2) is 0 Å². The Kier molecular flexibility index (Phi) is 2.03. The molecule has 0 spiro atoms. The summed E-state index contributed by atoms with van der Waals surface area (Å²) in [5.41, 5.74) is 0. The molecule has 13 heavy (non-hydrogen) atoms. The van der Waals surface area contributed by atoms with E-state index < -0.39 is 0 Å². The van der Waals surface area contributed by atoms with Crippen LogP contribution in [0.15, 0.2) is 0 Å². The van der Waals surface area contributed by atoms with Crippen LogP contribution in [0.25, 0.3) is 0 Å². The monoisotopic (exact) mass is 178 g/mol. The molecule has 2 saturated carbocycles. The van der Waals surface area contributed by atoms with Crippen molar-refractivity contribution in [2.75, 3.05) is 7.11 Å². The minimum Gasteiger partial charge on any atom is -0.469 e. The number of carbonyl (C=O) groups excluding carboxylic acids is 1. The summed E-state index contributed by atoms with van der Waals surface area (Å²) in [7, 11) is 1.44. The van der Waals surface area contributed by atoms with Crippen molar-refractivity contribution in [3.8, 4) is 12.3 Å². The second-order valence-electron chi connectivity index (χ2n) is 4.13. The van der Waals surface area contributed by atoms with Crippen molar-refractivity contribution in [3.63, 3.8) is 0 Å². The van der Waals surface area contributed by atoms with Gasteiger partial charge >= 0.3 is 5.97 Å². The van der Waals surface area contributed by atoms with E-state index in [1.807, 2.05) is 0 Å². The SMILES string of the molecule is C#C[C@@H]1CC2CC2C[C@H]1C(=O)OC. The topological polar surface area (TPSA) is 26.3 Å². The first-order valence-electron chi connectivity index (χ1n) is 4.80. The van der Waals surface area contributed by atoms with Gasteiger partial charge in [-0.1, -0.05) is 0 Å². The number of esters is 1. The molecule has 0 aromatic heterocycles. The zero-order valence-corrected chi connectivity index (χ0v) is 7.82. The van der Waals surface area contributed by atoms with E-state index in [0.29, 0.717) is 0 Å². The van der Waals surface area contributed by atoms with Gasteiger partial charge in [0, 0.05) is 5.92 Å². The molecule has 2 aliphatic carbocycles. The summed E-state index contributed by atoms with van der Waals surface area (Å²) in [5.74, 6) is 4.27. The first kappa shape index (κ1) is 8.62. The second-order valence-corrected chi connectivity index (χ2v) is 4.13. The smallest absolute Gasteiger partial charge is 0.309 e. The minimum absolute atomic E-state index is 0.0289. The van der Waals surface area contributed by atoms with Crippen LogP contribution in [0, 0.1) is 36.0 Å². The Bertz CT molecular complexity index is 264. The highest BCUT2D eigenvalue weighted by molar-refractivity contribution is 5.73. The third-order valence-electron chi connectivity index (χ3n) is 3.39. The van der Waals surface area contributed by atoms with Gasteiger partial charge < -0.3 is 4.74 Å². The molecule has 2 aliphatic rings. The summed E-state index contributed by atoms with van der Waals surface area (Å²) in [6.45, 7) is 0. The average molecular weight is 178 g/mol. The van der Waals surface area contributed by atoms with Gasteiger partial charge in [0.2, 0.25) is 0 Å². The highest BCUT2D eigenvalue weighted by Gasteiger charge is 2.48. The first-order valence-corrected chi connectivity index (χ1v) is 4.80. The Hall–Kier alpha value is -0.970. The van der Waals surface area contributed by atoms with E-state index in [0.717, 1.165) is 24.7 Å². The fraction of sp³-hybridized carbons (Fsp3) is 0.727. The molecule has 0 bridgehead atoms. The molecule has 2 unspecified atom stereocenters. The lowest BCUT2D eigenvalue weighted by molar-refractivity contribution is -0.147. The maximum Gasteiger partial charge on any atom is 0.309 e. The Balaban J connectivity index is 2.07. The Morgan fingerprint density at radius 3 is 2.69 bits per heavy atom. The van der Waals surface area contributed by atoms with E-state index in [4.69, 9.17) is 11.2 Å². The normalized spacial score (nSPS) is 41.5. The molecule has 0 heterocycles. The van der Waals surface area contributed by atoms with Crippen molar-refractivity contribution in [2.24, 2.45) is 23.7 Å². The average Bonchev–Trinajstić information content (AvgIpc) is 2.92. The summed E-state index contributed by atoms with van der Waals surface area (Å²) in [4.78, 5) is 11.4. The number of rotatable bonds is 1. The number of carbonyl (C=O) groups is 1. The van der Waals surface area contributed by atoms with Gasteiger partial charge in [-0.05, 0) is 31.1 Å². The number of hydrogen-bond acceptors (Lipinski definition) is 2. The van der Waals surface area contributed by atoms with Crippen molar-refractivity contribution >= 4 is 5.97 Å². The van der Waals surface area contributed by atoms with Crippen molar-refractivity contribution < 1.29 is 9.53 Å². The van der Waals surface area contributed by atoms with Gasteiger partial charge in [-0.15, -0.1) is 12.3 Å². The Labute approximate surface area is 78.7 Å². The minimum atomic E-state index is -0.117. The van der Waals surface area contributed by atoms with E-state index in [2.05, 4.69) is 5.92 Å². The molecule has 0 saturated heterocycles. The fourth-order valence-electron chi connectivity index (χ4n) is 2.46. The number of hydrogen-bond donors (Lipinski definition) is 0. The second kappa shape index (κ2) is 3.06. The summed E-state index contributed by atoms with van der Waals surface area (Å²) in [6, 6.07) is 0. The van der Waals surface area contributed by atoms with Gasteiger partial charge in [0.1, 0.15) is 0 Å².